The van der Waals surface area contributed by atoms with Crippen molar-refractivity contribution < 1.29 is 0 Å². The normalized spacial score (nSPS) is 9.40. The second-order valence-corrected chi connectivity index (χ2v) is 4.79. The molecule has 106 valence electrons. The van der Waals surface area contributed by atoms with Crippen LogP contribution in [0, 0.1) is 6.92 Å². The van der Waals surface area contributed by atoms with E-state index in [4.69, 9.17) is 11.6 Å². The molecule has 0 spiro atoms. The predicted molar refractivity (Wildman–Crippen MR) is 89.4 cm³/mol. The minimum absolute atomic E-state index is 0.791. The smallest absolute Gasteiger partial charge is 0.125 e. The van der Waals surface area contributed by atoms with Gasteiger partial charge in [-0.1, -0.05) is 49.4 Å². The molecule has 0 amide bonds. The highest BCUT2D eigenvalue weighted by Gasteiger charge is 1.95. The van der Waals surface area contributed by atoms with Crippen LogP contribution in [-0.2, 0) is 6.42 Å². The number of pyridine rings is 1. The minimum Gasteiger partial charge on any atom is -0.373 e. The molecule has 20 heavy (non-hydrogen) atoms. The summed E-state index contributed by atoms with van der Waals surface area (Å²) >= 11 is 5.94. The zero-order chi connectivity index (χ0) is 15.0. The molecule has 0 unspecified atom stereocenters. The molecule has 3 heteroatoms. The number of aryl methyl sites for hydroxylation is 2. The van der Waals surface area contributed by atoms with Gasteiger partial charge in [0.05, 0.1) is 0 Å². The number of rotatable bonds is 3. The first-order valence-corrected chi connectivity index (χ1v) is 6.99. The SMILES string of the molecule is C=Cc1ccc(CC)cc1Cl.CNc1ccc(C)cn1. The molecular weight excluding hydrogens is 268 g/mol. The fourth-order valence-corrected chi connectivity index (χ4v) is 1.85. The zero-order valence-corrected chi connectivity index (χ0v) is 13.0. The van der Waals surface area contributed by atoms with E-state index in [-0.39, 0.29) is 0 Å². The molecule has 0 aliphatic heterocycles. The van der Waals surface area contributed by atoms with Crippen LogP contribution in [0.15, 0.2) is 43.1 Å². The maximum absolute atomic E-state index is 5.94. The third-order valence-electron chi connectivity index (χ3n) is 2.86. The van der Waals surface area contributed by atoms with Gasteiger partial charge in [-0.2, -0.15) is 0 Å². The molecule has 0 bridgehead atoms. The van der Waals surface area contributed by atoms with Crippen LogP contribution in [0.3, 0.4) is 0 Å². The molecule has 0 radical (unpaired) electrons. The summed E-state index contributed by atoms with van der Waals surface area (Å²) in [6, 6.07) is 10.0. The van der Waals surface area contributed by atoms with Crippen molar-refractivity contribution in [3.63, 3.8) is 0 Å². The van der Waals surface area contributed by atoms with Crippen LogP contribution in [0.2, 0.25) is 5.02 Å². The van der Waals surface area contributed by atoms with Crippen molar-refractivity contribution in [1.82, 2.24) is 4.98 Å². The van der Waals surface area contributed by atoms with Gasteiger partial charge in [0.15, 0.2) is 0 Å². The summed E-state index contributed by atoms with van der Waals surface area (Å²) in [5.41, 5.74) is 3.46. The van der Waals surface area contributed by atoms with Crippen LogP contribution in [0.5, 0.6) is 0 Å². The van der Waals surface area contributed by atoms with Gasteiger partial charge >= 0.3 is 0 Å². The molecule has 0 saturated carbocycles. The fourth-order valence-electron chi connectivity index (χ4n) is 1.57. The minimum atomic E-state index is 0.791. The third kappa shape index (κ3) is 5.06. The maximum atomic E-state index is 5.94. The average Bonchev–Trinajstić information content (AvgIpc) is 2.48. The highest BCUT2D eigenvalue weighted by Crippen LogP contribution is 2.18. The molecule has 0 aliphatic carbocycles. The van der Waals surface area contributed by atoms with Crippen molar-refractivity contribution in [2.24, 2.45) is 0 Å². The molecule has 0 fully saturated rings. The molecule has 0 atom stereocenters. The molecule has 2 nitrogen and oxygen atoms in total. The highest BCUT2D eigenvalue weighted by molar-refractivity contribution is 6.32. The molecule has 0 saturated heterocycles. The summed E-state index contributed by atoms with van der Waals surface area (Å²) in [6.07, 6.45) is 4.63. The van der Waals surface area contributed by atoms with Crippen LogP contribution in [-0.4, -0.2) is 12.0 Å². The van der Waals surface area contributed by atoms with E-state index in [1.807, 2.05) is 44.4 Å². The van der Waals surface area contributed by atoms with Gasteiger partial charge in [-0.05, 0) is 42.2 Å². The topological polar surface area (TPSA) is 24.9 Å². The average molecular weight is 289 g/mol. The van der Waals surface area contributed by atoms with Crippen molar-refractivity contribution in [2.45, 2.75) is 20.3 Å². The number of benzene rings is 1. The molecule has 1 heterocycles. The van der Waals surface area contributed by atoms with E-state index in [1.54, 1.807) is 6.08 Å². The number of anilines is 1. The molecule has 1 aromatic carbocycles. The van der Waals surface area contributed by atoms with E-state index < -0.39 is 0 Å². The molecule has 2 aromatic rings. The predicted octanol–water partition coefficient (Wildman–Crippen LogP) is 4.98. The van der Waals surface area contributed by atoms with E-state index >= 15 is 0 Å². The van der Waals surface area contributed by atoms with Gasteiger partial charge in [0, 0.05) is 18.3 Å². The molecule has 0 aliphatic rings. The monoisotopic (exact) mass is 288 g/mol. The number of hydrogen-bond donors (Lipinski definition) is 1. The third-order valence-corrected chi connectivity index (χ3v) is 3.19. The van der Waals surface area contributed by atoms with E-state index in [1.165, 1.54) is 11.1 Å². The molecular formula is C17H21ClN2. The Kier molecular flexibility index (Phi) is 6.82. The highest BCUT2D eigenvalue weighted by atomic mass is 35.5. The Morgan fingerprint density at radius 3 is 2.50 bits per heavy atom. The van der Waals surface area contributed by atoms with E-state index in [9.17, 15) is 0 Å². The first-order chi connectivity index (χ1) is 9.60. The van der Waals surface area contributed by atoms with Gasteiger partial charge in [-0.15, -0.1) is 0 Å². The van der Waals surface area contributed by atoms with Crippen LogP contribution in [0.1, 0.15) is 23.6 Å². The van der Waals surface area contributed by atoms with Gasteiger partial charge in [-0.25, -0.2) is 4.98 Å². The zero-order valence-electron chi connectivity index (χ0n) is 12.3. The van der Waals surface area contributed by atoms with Crippen molar-refractivity contribution in [1.29, 1.82) is 0 Å². The first-order valence-electron chi connectivity index (χ1n) is 6.62. The number of aromatic nitrogens is 1. The fraction of sp³-hybridized carbons (Fsp3) is 0.235. The van der Waals surface area contributed by atoms with Gasteiger partial charge in [0.1, 0.15) is 5.82 Å². The largest absolute Gasteiger partial charge is 0.373 e. The second kappa shape index (κ2) is 8.39. The Balaban J connectivity index is 0.000000204. The van der Waals surface area contributed by atoms with Crippen LogP contribution in [0.4, 0.5) is 5.82 Å². The number of hydrogen-bond acceptors (Lipinski definition) is 2. The van der Waals surface area contributed by atoms with Crippen LogP contribution >= 0.6 is 11.6 Å². The lowest BCUT2D eigenvalue weighted by atomic mass is 10.1. The van der Waals surface area contributed by atoms with E-state index in [0.29, 0.717) is 0 Å². The Bertz CT molecular complexity index is 547. The van der Waals surface area contributed by atoms with Crippen molar-refractivity contribution in [2.75, 3.05) is 12.4 Å². The summed E-state index contributed by atoms with van der Waals surface area (Å²) in [5, 5.41) is 3.73. The van der Waals surface area contributed by atoms with Crippen molar-refractivity contribution in [3.05, 3.63) is 64.8 Å². The van der Waals surface area contributed by atoms with Crippen molar-refractivity contribution >= 4 is 23.5 Å². The van der Waals surface area contributed by atoms with Gasteiger partial charge < -0.3 is 5.32 Å². The Hall–Kier alpha value is -1.80. The first kappa shape index (κ1) is 16.3. The summed E-state index contributed by atoms with van der Waals surface area (Å²) in [4.78, 5) is 4.09. The Morgan fingerprint density at radius 2 is 2.05 bits per heavy atom. The van der Waals surface area contributed by atoms with Crippen LogP contribution < -0.4 is 5.32 Å². The van der Waals surface area contributed by atoms with Gasteiger partial charge in [-0.3, -0.25) is 0 Å². The lowest BCUT2D eigenvalue weighted by Crippen LogP contribution is -1.90. The quantitative estimate of drug-likeness (QED) is 0.862. The molecule has 2 rings (SSSR count). The lowest BCUT2D eigenvalue weighted by Gasteiger charge is -2.00. The second-order valence-electron chi connectivity index (χ2n) is 4.38. The van der Waals surface area contributed by atoms with E-state index in [0.717, 1.165) is 22.8 Å². The Morgan fingerprint density at radius 1 is 1.30 bits per heavy atom. The molecule has 1 N–H and O–H groups in total. The summed E-state index contributed by atoms with van der Waals surface area (Å²) in [6.45, 7) is 7.79. The summed E-state index contributed by atoms with van der Waals surface area (Å²) in [7, 11) is 1.86. The summed E-state index contributed by atoms with van der Waals surface area (Å²) in [5.74, 6) is 0.917. The number of nitrogens with zero attached hydrogens (tertiary/aromatic N) is 1. The van der Waals surface area contributed by atoms with Crippen molar-refractivity contribution in [3.8, 4) is 0 Å². The van der Waals surface area contributed by atoms with Gasteiger partial charge in [0.25, 0.3) is 0 Å². The number of halogens is 1. The Labute approximate surface area is 126 Å². The lowest BCUT2D eigenvalue weighted by molar-refractivity contribution is 1.14. The summed E-state index contributed by atoms with van der Waals surface area (Å²) < 4.78 is 0. The number of nitrogens with one attached hydrogen (secondary N) is 1. The maximum Gasteiger partial charge on any atom is 0.125 e. The van der Waals surface area contributed by atoms with E-state index in [2.05, 4.69) is 29.9 Å². The van der Waals surface area contributed by atoms with Crippen LogP contribution in [0.25, 0.3) is 6.08 Å². The van der Waals surface area contributed by atoms with Gasteiger partial charge in [0.2, 0.25) is 0 Å². The molecule has 1 aromatic heterocycles. The standard InChI is InChI=1S/C10H11Cl.C7H10N2/c1-3-8-5-6-9(4-2)10(11)7-8;1-6-3-4-7(8-2)9-5-6/h4-7H,2-3H2,1H3;3-5H,1-2H3,(H,8,9).